The maximum Gasteiger partial charge on any atom is 0.322 e. The Morgan fingerprint density at radius 3 is 2.75 bits per heavy atom. The number of pyridine rings is 1. The van der Waals surface area contributed by atoms with E-state index >= 15 is 0 Å². The SMILES string of the molecule is O=C1NC(=O)[C@](c2cccnc2)(C2CCN(c3ncnc4sccc34)CC2)N1. The van der Waals surface area contributed by atoms with E-state index in [9.17, 15) is 9.59 Å². The van der Waals surface area contributed by atoms with Gasteiger partial charge in [0, 0.05) is 31.0 Å². The number of piperidine rings is 1. The Hall–Kier alpha value is -3.07. The van der Waals surface area contributed by atoms with Crippen LogP contribution >= 0.6 is 11.3 Å². The fourth-order valence-electron chi connectivity index (χ4n) is 4.34. The molecule has 28 heavy (non-hydrogen) atoms. The van der Waals surface area contributed by atoms with E-state index in [4.69, 9.17) is 0 Å². The summed E-state index contributed by atoms with van der Waals surface area (Å²) in [6.45, 7) is 1.50. The Bertz CT molecular complexity index is 1050. The molecule has 2 saturated heterocycles. The second-order valence-electron chi connectivity index (χ2n) is 7.06. The predicted octanol–water partition coefficient (Wildman–Crippen LogP) is 2.04. The first kappa shape index (κ1) is 17.1. The molecule has 2 fully saturated rings. The zero-order valence-corrected chi connectivity index (χ0v) is 15.8. The molecule has 2 N–H and O–H groups in total. The highest BCUT2D eigenvalue weighted by molar-refractivity contribution is 7.16. The van der Waals surface area contributed by atoms with Crippen molar-refractivity contribution in [3.8, 4) is 0 Å². The van der Waals surface area contributed by atoms with E-state index in [1.165, 1.54) is 0 Å². The minimum absolute atomic E-state index is 0.0285. The van der Waals surface area contributed by atoms with Gasteiger partial charge in [-0.15, -0.1) is 11.3 Å². The van der Waals surface area contributed by atoms with E-state index in [1.54, 1.807) is 36.1 Å². The number of imide groups is 1. The molecule has 3 aromatic heterocycles. The molecular formula is C19H18N6O2S. The van der Waals surface area contributed by atoms with Crippen LogP contribution in [0.5, 0.6) is 0 Å². The number of nitrogens with one attached hydrogen (secondary N) is 2. The van der Waals surface area contributed by atoms with Crippen LogP contribution < -0.4 is 15.5 Å². The van der Waals surface area contributed by atoms with E-state index in [0.29, 0.717) is 0 Å². The molecule has 9 heteroatoms. The number of anilines is 1. The lowest BCUT2D eigenvalue weighted by Gasteiger charge is -2.41. The number of hydrogen-bond acceptors (Lipinski definition) is 7. The number of rotatable bonds is 3. The summed E-state index contributed by atoms with van der Waals surface area (Å²) in [7, 11) is 0. The number of aromatic nitrogens is 3. The average Bonchev–Trinajstić information content (AvgIpc) is 3.33. The minimum Gasteiger partial charge on any atom is -0.356 e. The van der Waals surface area contributed by atoms with Crippen molar-refractivity contribution in [1.82, 2.24) is 25.6 Å². The molecular weight excluding hydrogens is 376 g/mol. The summed E-state index contributed by atoms with van der Waals surface area (Å²) in [5, 5.41) is 8.39. The van der Waals surface area contributed by atoms with Crippen LogP contribution in [0.4, 0.5) is 10.6 Å². The van der Waals surface area contributed by atoms with Crippen LogP contribution in [0.3, 0.4) is 0 Å². The Morgan fingerprint density at radius 1 is 1.18 bits per heavy atom. The van der Waals surface area contributed by atoms with Gasteiger partial charge in [-0.25, -0.2) is 14.8 Å². The van der Waals surface area contributed by atoms with Crippen LogP contribution in [-0.2, 0) is 10.3 Å². The normalized spacial score (nSPS) is 23.1. The van der Waals surface area contributed by atoms with Crippen LogP contribution in [0, 0.1) is 5.92 Å². The van der Waals surface area contributed by atoms with Crippen LogP contribution in [0.25, 0.3) is 10.2 Å². The molecule has 2 aliphatic heterocycles. The Morgan fingerprint density at radius 2 is 2.04 bits per heavy atom. The standard InChI is InChI=1S/C19H18N6O2S/c26-17-19(24-18(27)23-17,13-2-1-6-20-10-13)12-3-7-25(8-4-12)15-14-5-9-28-16(14)22-11-21-15/h1-2,5-6,9-12H,3-4,7-8H2,(H2,23,24,26,27)/t19-/m1/s1. The summed E-state index contributed by atoms with van der Waals surface area (Å²) >= 11 is 1.60. The van der Waals surface area contributed by atoms with Gasteiger partial charge in [-0.2, -0.15) is 0 Å². The quantitative estimate of drug-likeness (QED) is 0.660. The minimum atomic E-state index is -1.07. The molecule has 0 unspecified atom stereocenters. The molecule has 3 amide bonds. The van der Waals surface area contributed by atoms with Crippen LogP contribution in [0.15, 0.2) is 42.3 Å². The zero-order chi connectivity index (χ0) is 19.1. The smallest absolute Gasteiger partial charge is 0.322 e. The molecule has 0 radical (unpaired) electrons. The number of hydrogen-bond donors (Lipinski definition) is 2. The van der Waals surface area contributed by atoms with Gasteiger partial charge in [0.15, 0.2) is 5.54 Å². The van der Waals surface area contributed by atoms with E-state index in [1.807, 2.05) is 17.5 Å². The summed E-state index contributed by atoms with van der Waals surface area (Å²) in [6, 6.07) is 5.23. The monoisotopic (exact) mass is 394 g/mol. The van der Waals surface area contributed by atoms with Gasteiger partial charge in [0.25, 0.3) is 5.91 Å². The first-order chi connectivity index (χ1) is 13.7. The third-order valence-corrected chi connectivity index (χ3v) is 6.48. The number of nitrogens with zero attached hydrogens (tertiary/aromatic N) is 4. The lowest BCUT2D eigenvalue weighted by atomic mass is 9.73. The average molecular weight is 394 g/mol. The maximum absolute atomic E-state index is 12.8. The van der Waals surface area contributed by atoms with E-state index < -0.39 is 11.6 Å². The molecule has 1 atom stereocenters. The van der Waals surface area contributed by atoms with Gasteiger partial charge in [-0.3, -0.25) is 15.1 Å². The Balaban J connectivity index is 1.44. The first-order valence-corrected chi connectivity index (χ1v) is 10.0. The van der Waals surface area contributed by atoms with Crippen molar-refractivity contribution in [3.05, 3.63) is 47.9 Å². The second-order valence-corrected chi connectivity index (χ2v) is 7.95. The molecule has 8 nitrogen and oxygen atoms in total. The zero-order valence-electron chi connectivity index (χ0n) is 15.0. The molecule has 142 valence electrons. The highest BCUT2D eigenvalue weighted by atomic mass is 32.1. The Kier molecular flexibility index (Phi) is 3.97. The number of thiophene rings is 1. The van der Waals surface area contributed by atoms with Crippen molar-refractivity contribution in [1.29, 1.82) is 0 Å². The summed E-state index contributed by atoms with van der Waals surface area (Å²) in [5.74, 6) is 0.602. The van der Waals surface area contributed by atoms with Gasteiger partial charge in [0.1, 0.15) is 17.0 Å². The predicted molar refractivity (Wildman–Crippen MR) is 105 cm³/mol. The van der Waals surface area contributed by atoms with Crippen molar-refractivity contribution >= 4 is 39.3 Å². The third-order valence-electron chi connectivity index (χ3n) is 5.66. The van der Waals surface area contributed by atoms with Crippen molar-refractivity contribution in [2.75, 3.05) is 18.0 Å². The van der Waals surface area contributed by atoms with E-state index in [-0.39, 0.29) is 11.8 Å². The largest absolute Gasteiger partial charge is 0.356 e. The molecule has 0 aromatic carbocycles. The number of amides is 3. The topological polar surface area (TPSA) is 100 Å². The summed E-state index contributed by atoms with van der Waals surface area (Å²) in [6.07, 6.45) is 6.42. The molecule has 2 aliphatic rings. The molecule has 0 aliphatic carbocycles. The lowest BCUT2D eigenvalue weighted by molar-refractivity contribution is -0.126. The van der Waals surface area contributed by atoms with Crippen molar-refractivity contribution in [2.24, 2.45) is 5.92 Å². The fraction of sp³-hybridized carbons (Fsp3) is 0.316. The lowest BCUT2D eigenvalue weighted by Crippen LogP contribution is -2.53. The Labute approximate surface area is 165 Å². The number of fused-ring (bicyclic) bond motifs is 1. The van der Waals surface area contributed by atoms with Crippen LogP contribution in [0.1, 0.15) is 18.4 Å². The van der Waals surface area contributed by atoms with Crippen molar-refractivity contribution < 1.29 is 9.59 Å². The second kappa shape index (κ2) is 6.52. The summed E-state index contributed by atoms with van der Waals surface area (Å²) in [4.78, 5) is 41.0. The van der Waals surface area contributed by atoms with Crippen molar-refractivity contribution in [3.63, 3.8) is 0 Å². The van der Waals surface area contributed by atoms with Gasteiger partial charge in [0.05, 0.1) is 5.39 Å². The summed E-state index contributed by atoms with van der Waals surface area (Å²) in [5.41, 5.74) is -0.347. The number of urea groups is 1. The first-order valence-electron chi connectivity index (χ1n) is 9.16. The van der Waals surface area contributed by atoms with Gasteiger partial charge in [0.2, 0.25) is 0 Å². The highest BCUT2D eigenvalue weighted by Crippen LogP contribution is 2.40. The molecule has 0 saturated carbocycles. The van der Waals surface area contributed by atoms with Gasteiger partial charge in [-0.1, -0.05) is 6.07 Å². The van der Waals surface area contributed by atoms with E-state index in [0.717, 1.165) is 47.5 Å². The molecule has 5 rings (SSSR count). The number of carbonyl (C=O) groups is 2. The molecule has 3 aromatic rings. The summed E-state index contributed by atoms with van der Waals surface area (Å²) < 4.78 is 0. The maximum atomic E-state index is 12.8. The van der Waals surface area contributed by atoms with Crippen LogP contribution in [0.2, 0.25) is 0 Å². The molecule has 0 bridgehead atoms. The molecule has 0 spiro atoms. The van der Waals surface area contributed by atoms with Gasteiger partial charge >= 0.3 is 6.03 Å². The fourth-order valence-corrected chi connectivity index (χ4v) is 5.07. The van der Waals surface area contributed by atoms with Gasteiger partial charge in [-0.05, 0) is 36.3 Å². The third kappa shape index (κ3) is 2.54. The van der Waals surface area contributed by atoms with Crippen molar-refractivity contribution in [2.45, 2.75) is 18.4 Å². The number of carbonyl (C=O) groups excluding carboxylic acids is 2. The van der Waals surface area contributed by atoms with E-state index in [2.05, 4.69) is 30.5 Å². The van der Waals surface area contributed by atoms with Gasteiger partial charge < -0.3 is 10.2 Å². The highest BCUT2D eigenvalue weighted by Gasteiger charge is 2.53. The van der Waals surface area contributed by atoms with Crippen LogP contribution in [-0.4, -0.2) is 40.0 Å². The molecule has 5 heterocycles.